The lowest BCUT2D eigenvalue weighted by Gasteiger charge is -2.20. The molecule has 0 aliphatic heterocycles. The molecule has 1 unspecified atom stereocenters. The second kappa shape index (κ2) is 8.03. The maximum absolute atomic E-state index is 13.4. The number of thiophene rings is 1. The Hall–Kier alpha value is -2.99. The lowest BCUT2D eigenvalue weighted by Crippen LogP contribution is -2.35. The predicted molar refractivity (Wildman–Crippen MR) is 125 cm³/mol. The highest BCUT2D eigenvalue weighted by Gasteiger charge is 2.25. The molecule has 0 spiro atoms. The van der Waals surface area contributed by atoms with E-state index >= 15 is 0 Å². The van der Waals surface area contributed by atoms with Crippen LogP contribution >= 0.6 is 11.3 Å². The van der Waals surface area contributed by atoms with E-state index in [0.29, 0.717) is 11.8 Å². The van der Waals surface area contributed by atoms with Crippen LogP contribution in [0.3, 0.4) is 0 Å². The SMILES string of the molecule is CCc1cccc(C)c1NC(=O)C(CC)n1nc(C)c2sc3ccccc3c2c1=O. The summed E-state index contributed by atoms with van der Waals surface area (Å²) in [6.45, 7) is 7.84. The predicted octanol–water partition coefficient (Wildman–Crippen LogP) is 5.38. The zero-order valence-electron chi connectivity index (χ0n) is 17.7. The molecule has 5 nitrogen and oxygen atoms in total. The maximum atomic E-state index is 13.4. The van der Waals surface area contributed by atoms with Gasteiger partial charge in [0.25, 0.3) is 5.56 Å². The molecule has 0 radical (unpaired) electrons. The first-order valence-corrected chi connectivity index (χ1v) is 11.1. The van der Waals surface area contributed by atoms with E-state index in [4.69, 9.17) is 0 Å². The molecular formula is C24H25N3O2S. The van der Waals surface area contributed by atoms with Gasteiger partial charge in [-0.3, -0.25) is 9.59 Å². The van der Waals surface area contributed by atoms with Gasteiger partial charge in [-0.05, 0) is 43.9 Å². The molecule has 0 fully saturated rings. The van der Waals surface area contributed by atoms with Crippen molar-refractivity contribution in [3.05, 3.63) is 69.6 Å². The number of fused-ring (bicyclic) bond motifs is 3. The summed E-state index contributed by atoms with van der Waals surface area (Å²) in [7, 11) is 0. The number of anilines is 1. The van der Waals surface area contributed by atoms with Gasteiger partial charge >= 0.3 is 0 Å². The third-order valence-corrected chi connectivity index (χ3v) is 6.86. The fourth-order valence-corrected chi connectivity index (χ4v) is 5.10. The van der Waals surface area contributed by atoms with E-state index in [9.17, 15) is 9.59 Å². The molecular weight excluding hydrogens is 394 g/mol. The van der Waals surface area contributed by atoms with E-state index in [0.717, 1.165) is 43.7 Å². The molecule has 2 aromatic heterocycles. The molecule has 4 rings (SSSR count). The molecule has 0 saturated carbocycles. The number of aromatic nitrogens is 2. The lowest BCUT2D eigenvalue weighted by molar-refractivity contribution is -0.119. The van der Waals surface area contributed by atoms with Gasteiger partial charge in [-0.25, -0.2) is 4.68 Å². The van der Waals surface area contributed by atoms with Gasteiger partial charge in [0.1, 0.15) is 6.04 Å². The van der Waals surface area contributed by atoms with Crippen molar-refractivity contribution in [3.8, 4) is 0 Å². The summed E-state index contributed by atoms with van der Waals surface area (Å²) in [6, 6.07) is 13.2. The van der Waals surface area contributed by atoms with Crippen molar-refractivity contribution in [3.63, 3.8) is 0 Å². The number of benzene rings is 2. The Morgan fingerprint density at radius 1 is 1.13 bits per heavy atom. The van der Waals surface area contributed by atoms with Crippen LogP contribution < -0.4 is 10.9 Å². The molecule has 30 heavy (non-hydrogen) atoms. The summed E-state index contributed by atoms with van der Waals surface area (Å²) in [6.07, 6.45) is 1.29. The topological polar surface area (TPSA) is 64.0 Å². The summed E-state index contributed by atoms with van der Waals surface area (Å²) in [5.41, 5.74) is 3.47. The molecule has 2 heterocycles. The maximum Gasteiger partial charge on any atom is 0.276 e. The van der Waals surface area contributed by atoms with Crippen molar-refractivity contribution in [2.75, 3.05) is 5.32 Å². The van der Waals surface area contributed by atoms with E-state index in [1.54, 1.807) is 11.3 Å². The quantitative estimate of drug-likeness (QED) is 0.472. The fraction of sp³-hybridized carbons (Fsp3) is 0.292. The minimum Gasteiger partial charge on any atom is -0.324 e. The molecule has 0 aliphatic carbocycles. The first-order chi connectivity index (χ1) is 14.5. The number of nitrogens with one attached hydrogen (secondary N) is 1. The van der Waals surface area contributed by atoms with Gasteiger partial charge in [-0.15, -0.1) is 11.3 Å². The second-order valence-electron chi connectivity index (χ2n) is 7.51. The van der Waals surface area contributed by atoms with Crippen molar-refractivity contribution in [2.45, 2.75) is 46.6 Å². The number of para-hydroxylation sites is 1. The van der Waals surface area contributed by atoms with Crippen LogP contribution in [0.25, 0.3) is 20.2 Å². The van der Waals surface area contributed by atoms with E-state index < -0.39 is 6.04 Å². The van der Waals surface area contributed by atoms with Gasteiger partial charge in [0.2, 0.25) is 5.91 Å². The molecule has 154 valence electrons. The number of rotatable bonds is 5. The number of carbonyl (C=O) groups excluding carboxylic acids is 1. The Bertz CT molecular complexity index is 1320. The molecule has 1 N–H and O–H groups in total. The number of carbonyl (C=O) groups is 1. The molecule has 4 aromatic rings. The first-order valence-electron chi connectivity index (χ1n) is 10.3. The van der Waals surface area contributed by atoms with E-state index in [2.05, 4.69) is 17.3 Å². The zero-order chi connectivity index (χ0) is 21.4. The minimum atomic E-state index is -0.677. The normalized spacial score (nSPS) is 12.4. The highest BCUT2D eigenvalue weighted by Crippen LogP contribution is 2.33. The van der Waals surface area contributed by atoms with Crippen LogP contribution in [0.5, 0.6) is 0 Å². The number of amides is 1. The Labute approximate surface area is 179 Å². The van der Waals surface area contributed by atoms with Crippen LogP contribution in [0.1, 0.15) is 43.1 Å². The Morgan fingerprint density at radius 3 is 2.63 bits per heavy atom. The van der Waals surface area contributed by atoms with Gasteiger partial charge in [0, 0.05) is 15.8 Å². The number of hydrogen-bond acceptors (Lipinski definition) is 4. The Balaban J connectivity index is 1.82. The monoisotopic (exact) mass is 419 g/mol. The van der Waals surface area contributed by atoms with Gasteiger partial charge in [0.05, 0.1) is 15.8 Å². The summed E-state index contributed by atoms with van der Waals surface area (Å²) < 4.78 is 3.31. The van der Waals surface area contributed by atoms with E-state index in [1.807, 2.05) is 63.2 Å². The summed E-state index contributed by atoms with van der Waals surface area (Å²) in [5.74, 6) is -0.214. The number of nitrogens with zero attached hydrogens (tertiary/aromatic N) is 2. The van der Waals surface area contributed by atoms with Crippen molar-refractivity contribution >= 4 is 43.1 Å². The Kier molecular flexibility index (Phi) is 5.43. The molecule has 6 heteroatoms. The summed E-state index contributed by atoms with van der Waals surface area (Å²) in [4.78, 5) is 26.7. The van der Waals surface area contributed by atoms with Crippen molar-refractivity contribution in [1.29, 1.82) is 0 Å². The smallest absolute Gasteiger partial charge is 0.276 e. The minimum absolute atomic E-state index is 0.212. The van der Waals surface area contributed by atoms with Crippen LogP contribution in [0.2, 0.25) is 0 Å². The van der Waals surface area contributed by atoms with Gasteiger partial charge < -0.3 is 5.32 Å². The van der Waals surface area contributed by atoms with Gasteiger partial charge in [-0.1, -0.05) is 50.2 Å². The van der Waals surface area contributed by atoms with Gasteiger partial charge in [0.15, 0.2) is 0 Å². The average molecular weight is 420 g/mol. The van der Waals surface area contributed by atoms with Crippen LogP contribution in [-0.4, -0.2) is 15.7 Å². The third-order valence-electron chi connectivity index (χ3n) is 5.58. The highest BCUT2D eigenvalue weighted by molar-refractivity contribution is 7.26. The number of hydrogen-bond donors (Lipinski definition) is 1. The van der Waals surface area contributed by atoms with Crippen LogP contribution in [0.15, 0.2) is 47.3 Å². The average Bonchev–Trinajstić information content (AvgIpc) is 3.14. The number of aryl methyl sites for hydroxylation is 3. The lowest BCUT2D eigenvalue weighted by atomic mass is 10.1. The van der Waals surface area contributed by atoms with E-state index in [1.165, 1.54) is 4.68 Å². The van der Waals surface area contributed by atoms with Crippen molar-refractivity contribution in [2.24, 2.45) is 0 Å². The van der Waals surface area contributed by atoms with Crippen molar-refractivity contribution in [1.82, 2.24) is 9.78 Å². The second-order valence-corrected chi connectivity index (χ2v) is 8.57. The van der Waals surface area contributed by atoms with Crippen molar-refractivity contribution < 1.29 is 4.79 Å². The summed E-state index contributed by atoms with van der Waals surface area (Å²) in [5, 5.41) is 9.19. The first kappa shape index (κ1) is 20.3. The molecule has 2 aromatic carbocycles. The zero-order valence-corrected chi connectivity index (χ0v) is 18.5. The highest BCUT2D eigenvalue weighted by atomic mass is 32.1. The molecule has 1 amide bonds. The largest absolute Gasteiger partial charge is 0.324 e. The fourth-order valence-electron chi connectivity index (χ4n) is 3.97. The van der Waals surface area contributed by atoms with Crippen LogP contribution in [0.4, 0.5) is 5.69 Å². The standard InChI is InChI=1S/C24H25N3O2S/c1-5-16-11-9-10-14(3)21(16)25-23(28)18(6-2)27-24(29)20-17-12-7-8-13-19(17)30-22(20)15(4)26-27/h7-13,18H,5-6H2,1-4H3,(H,25,28). The molecule has 0 saturated heterocycles. The molecule has 0 bridgehead atoms. The molecule has 1 atom stereocenters. The van der Waals surface area contributed by atoms with Crippen LogP contribution in [0, 0.1) is 13.8 Å². The summed E-state index contributed by atoms with van der Waals surface area (Å²) >= 11 is 1.57. The van der Waals surface area contributed by atoms with Gasteiger partial charge in [-0.2, -0.15) is 5.10 Å². The Morgan fingerprint density at radius 2 is 1.90 bits per heavy atom. The molecule has 0 aliphatic rings. The van der Waals surface area contributed by atoms with Crippen LogP contribution in [-0.2, 0) is 11.2 Å². The van der Waals surface area contributed by atoms with E-state index in [-0.39, 0.29) is 11.5 Å². The third kappa shape index (κ3) is 3.31.